The summed E-state index contributed by atoms with van der Waals surface area (Å²) in [4.78, 5) is 30.6. The van der Waals surface area contributed by atoms with Gasteiger partial charge in [0.15, 0.2) is 0 Å². The Morgan fingerprint density at radius 2 is 1.72 bits per heavy atom. The average Bonchev–Trinajstić information content (AvgIpc) is 3.30. The Labute approximate surface area is 176 Å². The number of ketones is 1. The first-order valence-electron chi connectivity index (χ1n) is 9.96. The van der Waals surface area contributed by atoms with E-state index in [2.05, 4.69) is 32.6 Å². The number of hydrogen-bond acceptors (Lipinski definition) is 5. The zero-order valence-corrected chi connectivity index (χ0v) is 18.1. The van der Waals surface area contributed by atoms with Crippen LogP contribution in [0, 0.1) is 0 Å². The summed E-state index contributed by atoms with van der Waals surface area (Å²) in [5.74, 6) is -1.28. The van der Waals surface area contributed by atoms with Crippen molar-refractivity contribution in [3.63, 3.8) is 0 Å². The standard InChI is InChI=1S/C23H28N2O3S/c1-15(2)24(16(3)4)12-13-25-20(18-11-8-14-29-18)19(22(27)23(25)28)21(26)17-9-6-5-7-10-17/h5-11,14-16,20,26H,12-13H2,1-4H3/t20-/m1/s1. The molecule has 0 spiro atoms. The van der Waals surface area contributed by atoms with Gasteiger partial charge in [-0.2, -0.15) is 0 Å². The topological polar surface area (TPSA) is 60.9 Å². The van der Waals surface area contributed by atoms with Gasteiger partial charge in [0.05, 0.1) is 11.6 Å². The molecule has 1 fully saturated rings. The van der Waals surface area contributed by atoms with E-state index in [9.17, 15) is 14.7 Å². The van der Waals surface area contributed by atoms with Gasteiger partial charge in [-0.25, -0.2) is 0 Å². The fourth-order valence-corrected chi connectivity index (χ4v) is 4.79. The lowest BCUT2D eigenvalue weighted by molar-refractivity contribution is -0.140. The average molecular weight is 413 g/mol. The molecule has 1 aliphatic rings. The van der Waals surface area contributed by atoms with Crippen LogP contribution < -0.4 is 0 Å². The Bertz CT molecular complexity index is 880. The monoisotopic (exact) mass is 412 g/mol. The molecular formula is C23H28N2O3S. The summed E-state index contributed by atoms with van der Waals surface area (Å²) in [5, 5.41) is 12.8. The van der Waals surface area contributed by atoms with Crippen LogP contribution in [0.4, 0.5) is 0 Å². The predicted molar refractivity (Wildman–Crippen MR) is 117 cm³/mol. The van der Waals surface area contributed by atoms with Crippen molar-refractivity contribution < 1.29 is 14.7 Å². The summed E-state index contributed by atoms with van der Waals surface area (Å²) in [7, 11) is 0. The number of carbonyl (C=O) groups excluding carboxylic acids is 2. The molecule has 1 aromatic carbocycles. The molecule has 154 valence electrons. The lowest BCUT2D eigenvalue weighted by Gasteiger charge is -2.33. The molecule has 0 radical (unpaired) electrons. The third-order valence-corrected chi connectivity index (χ3v) is 6.25. The number of Topliss-reactive ketones (excluding diaryl/α,β-unsaturated/α-hetero) is 1. The maximum absolute atomic E-state index is 12.9. The van der Waals surface area contributed by atoms with E-state index in [1.165, 1.54) is 11.3 Å². The fourth-order valence-electron chi connectivity index (χ4n) is 3.94. The van der Waals surface area contributed by atoms with Crippen LogP contribution in [-0.2, 0) is 9.59 Å². The zero-order chi connectivity index (χ0) is 21.1. The summed E-state index contributed by atoms with van der Waals surface area (Å²) < 4.78 is 0. The quantitative estimate of drug-likeness (QED) is 0.419. The van der Waals surface area contributed by atoms with E-state index in [4.69, 9.17) is 0 Å². The number of amides is 1. The molecule has 1 aromatic heterocycles. The molecule has 0 aliphatic carbocycles. The van der Waals surface area contributed by atoms with E-state index in [1.54, 1.807) is 29.2 Å². The van der Waals surface area contributed by atoms with Crippen LogP contribution in [-0.4, -0.2) is 51.8 Å². The van der Waals surface area contributed by atoms with Gasteiger partial charge in [-0.3, -0.25) is 14.5 Å². The lowest BCUT2D eigenvalue weighted by atomic mass is 10.00. The molecule has 5 nitrogen and oxygen atoms in total. The Hall–Kier alpha value is -2.44. The maximum Gasteiger partial charge on any atom is 0.295 e. The third-order valence-electron chi connectivity index (χ3n) is 5.33. The summed E-state index contributed by atoms with van der Waals surface area (Å²) >= 11 is 1.49. The highest BCUT2D eigenvalue weighted by atomic mass is 32.1. The van der Waals surface area contributed by atoms with Crippen molar-refractivity contribution >= 4 is 28.8 Å². The Balaban J connectivity index is 2.01. The van der Waals surface area contributed by atoms with Crippen LogP contribution >= 0.6 is 11.3 Å². The van der Waals surface area contributed by atoms with Gasteiger partial charge >= 0.3 is 0 Å². The van der Waals surface area contributed by atoms with E-state index < -0.39 is 17.7 Å². The van der Waals surface area contributed by atoms with Crippen LogP contribution in [0.1, 0.15) is 44.2 Å². The van der Waals surface area contributed by atoms with Gasteiger partial charge in [0.1, 0.15) is 5.76 Å². The molecule has 3 rings (SSSR count). The number of aliphatic hydroxyl groups is 1. The minimum atomic E-state index is -0.620. The van der Waals surface area contributed by atoms with Crippen LogP contribution in [0.15, 0.2) is 53.4 Å². The fraction of sp³-hybridized carbons (Fsp3) is 0.391. The van der Waals surface area contributed by atoms with Gasteiger partial charge in [-0.15, -0.1) is 11.3 Å². The Morgan fingerprint density at radius 1 is 1.07 bits per heavy atom. The van der Waals surface area contributed by atoms with Crippen LogP contribution in [0.25, 0.3) is 5.76 Å². The first-order chi connectivity index (χ1) is 13.8. The highest BCUT2D eigenvalue weighted by molar-refractivity contribution is 7.10. The lowest BCUT2D eigenvalue weighted by Crippen LogP contribution is -2.43. The Morgan fingerprint density at radius 3 is 2.28 bits per heavy atom. The van der Waals surface area contributed by atoms with Crippen molar-refractivity contribution in [3.8, 4) is 0 Å². The van der Waals surface area contributed by atoms with Crippen molar-refractivity contribution in [3.05, 3.63) is 63.9 Å². The number of rotatable bonds is 7. The van der Waals surface area contributed by atoms with Gasteiger partial charge in [-0.1, -0.05) is 36.4 Å². The molecule has 1 atom stereocenters. The zero-order valence-electron chi connectivity index (χ0n) is 17.3. The van der Waals surface area contributed by atoms with E-state index in [0.29, 0.717) is 30.7 Å². The number of likely N-dealkylation sites (tertiary alicyclic amines) is 1. The molecule has 0 unspecified atom stereocenters. The highest BCUT2D eigenvalue weighted by Gasteiger charge is 2.46. The molecule has 1 saturated heterocycles. The number of carbonyl (C=O) groups is 2. The van der Waals surface area contributed by atoms with Crippen molar-refractivity contribution in [2.75, 3.05) is 13.1 Å². The molecular weight excluding hydrogens is 384 g/mol. The second kappa shape index (κ2) is 8.93. The van der Waals surface area contributed by atoms with Crippen molar-refractivity contribution in [2.45, 2.75) is 45.8 Å². The minimum absolute atomic E-state index is 0.116. The summed E-state index contributed by atoms with van der Waals surface area (Å²) in [6.07, 6.45) is 0. The molecule has 1 aliphatic heterocycles. The van der Waals surface area contributed by atoms with Gasteiger partial charge in [0.2, 0.25) is 0 Å². The van der Waals surface area contributed by atoms with E-state index in [0.717, 1.165) is 4.88 Å². The van der Waals surface area contributed by atoms with Gasteiger partial charge < -0.3 is 10.0 Å². The largest absolute Gasteiger partial charge is 0.507 e. The number of aliphatic hydroxyl groups excluding tert-OH is 1. The van der Waals surface area contributed by atoms with Gasteiger partial charge in [0.25, 0.3) is 11.7 Å². The molecule has 29 heavy (non-hydrogen) atoms. The van der Waals surface area contributed by atoms with Gasteiger partial charge in [0, 0.05) is 35.6 Å². The molecule has 1 amide bonds. The normalized spacial score (nSPS) is 19.1. The van der Waals surface area contributed by atoms with E-state index >= 15 is 0 Å². The molecule has 6 heteroatoms. The second-order valence-corrected chi connectivity index (χ2v) is 8.78. The number of benzene rings is 1. The van der Waals surface area contributed by atoms with Crippen molar-refractivity contribution in [2.24, 2.45) is 0 Å². The van der Waals surface area contributed by atoms with Crippen LogP contribution in [0.5, 0.6) is 0 Å². The Kier molecular flexibility index (Phi) is 6.55. The second-order valence-electron chi connectivity index (χ2n) is 7.80. The summed E-state index contributed by atoms with van der Waals surface area (Å²) in [6.45, 7) is 9.59. The molecule has 1 N–H and O–H groups in total. The number of nitrogens with zero attached hydrogens (tertiary/aromatic N) is 2. The summed E-state index contributed by atoms with van der Waals surface area (Å²) in [6, 6.07) is 12.8. The molecule has 0 saturated carbocycles. The maximum atomic E-state index is 12.9. The van der Waals surface area contributed by atoms with E-state index in [-0.39, 0.29) is 11.3 Å². The molecule has 2 heterocycles. The predicted octanol–water partition coefficient (Wildman–Crippen LogP) is 4.29. The summed E-state index contributed by atoms with van der Waals surface area (Å²) in [5.41, 5.74) is 0.710. The van der Waals surface area contributed by atoms with Gasteiger partial charge in [-0.05, 0) is 39.1 Å². The number of hydrogen-bond donors (Lipinski definition) is 1. The van der Waals surface area contributed by atoms with Crippen LogP contribution in [0.3, 0.4) is 0 Å². The third kappa shape index (κ3) is 4.28. The van der Waals surface area contributed by atoms with Crippen molar-refractivity contribution in [1.29, 1.82) is 0 Å². The smallest absolute Gasteiger partial charge is 0.295 e. The SMILES string of the molecule is CC(C)N(CCN1C(=O)C(=O)C(=C(O)c2ccccc2)[C@H]1c1cccs1)C(C)C. The van der Waals surface area contributed by atoms with Crippen LogP contribution in [0.2, 0.25) is 0 Å². The van der Waals surface area contributed by atoms with E-state index in [1.807, 2.05) is 23.6 Å². The van der Waals surface area contributed by atoms with Crippen molar-refractivity contribution in [1.82, 2.24) is 9.80 Å². The number of thiophene rings is 1. The highest BCUT2D eigenvalue weighted by Crippen LogP contribution is 2.40. The molecule has 2 aromatic rings. The minimum Gasteiger partial charge on any atom is -0.507 e. The first-order valence-corrected chi connectivity index (χ1v) is 10.8. The molecule has 0 bridgehead atoms. The first kappa shape index (κ1) is 21.3.